The molecule has 0 saturated carbocycles. The van der Waals surface area contributed by atoms with E-state index >= 15 is 0 Å². The first-order chi connectivity index (χ1) is 10.1. The number of benzene rings is 1. The summed E-state index contributed by atoms with van der Waals surface area (Å²) in [5.41, 5.74) is 2.10. The zero-order chi connectivity index (χ0) is 15.2. The molecule has 1 atom stereocenters. The highest BCUT2D eigenvalue weighted by Crippen LogP contribution is 2.13. The zero-order valence-corrected chi connectivity index (χ0v) is 12.4. The lowest BCUT2D eigenvalue weighted by atomic mass is 10.2. The first-order valence-corrected chi connectivity index (χ1v) is 6.67. The van der Waals surface area contributed by atoms with Crippen molar-refractivity contribution in [1.29, 1.82) is 0 Å². The van der Waals surface area contributed by atoms with Gasteiger partial charge in [-0.05, 0) is 30.7 Å². The summed E-state index contributed by atoms with van der Waals surface area (Å²) in [6.07, 6.45) is 4.71. The van der Waals surface area contributed by atoms with E-state index in [0.29, 0.717) is 5.82 Å². The summed E-state index contributed by atoms with van der Waals surface area (Å²) >= 11 is 0. The van der Waals surface area contributed by atoms with Gasteiger partial charge in [0.1, 0.15) is 12.2 Å². The minimum absolute atomic E-state index is 0.171. The number of carbonyl (C=O) groups excluding carboxylic acids is 1. The van der Waals surface area contributed by atoms with E-state index in [9.17, 15) is 4.79 Å². The average molecular weight is 285 g/mol. The Morgan fingerprint density at radius 2 is 2.05 bits per heavy atom. The summed E-state index contributed by atoms with van der Waals surface area (Å²) in [6.45, 7) is 1.85. The van der Waals surface area contributed by atoms with Crippen LogP contribution in [-0.4, -0.2) is 35.2 Å². The molecule has 21 heavy (non-hydrogen) atoms. The molecule has 6 heteroatoms. The number of hydrogen-bond donors (Lipinski definition) is 2. The van der Waals surface area contributed by atoms with Gasteiger partial charge in [0.2, 0.25) is 5.91 Å². The molecule has 0 spiro atoms. The molecule has 1 aromatic carbocycles. The van der Waals surface area contributed by atoms with Crippen LogP contribution in [0.4, 0.5) is 5.69 Å². The molecule has 0 radical (unpaired) electrons. The second-order valence-electron chi connectivity index (χ2n) is 4.92. The third-order valence-electron chi connectivity index (χ3n) is 3.04. The highest BCUT2D eigenvalue weighted by atomic mass is 16.1. The summed E-state index contributed by atoms with van der Waals surface area (Å²) in [5.74, 6) is 0.461. The van der Waals surface area contributed by atoms with Crippen LogP contribution >= 0.6 is 0 Å². The average Bonchev–Trinajstić information content (AvgIpc) is 3.00. The second kappa shape index (κ2) is 6.69. The minimum Gasteiger partial charge on any atom is -0.378 e. The van der Waals surface area contributed by atoms with E-state index in [1.807, 2.05) is 50.2 Å². The van der Waals surface area contributed by atoms with E-state index in [0.717, 1.165) is 11.3 Å². The van der Waals surface area contributed by atoms with E-state index in [4.69, 9.17) is 0 Å². The molecule has 0 saturated heterocycles. The van der Waals surface area contributed by atoms with Crippen LogP contribution in [0.2, 0.25) is 0 Å². The number of anilines is 1. The molecule has 0 aliphatic heterocycles. The van der Waals surface area contributed by atoms with Crippen LogP contribution < -0.4 is 10.2 Å². The van der Waals surface area contributed by atoms with Gasteiger partial charge in [-0.15, -0.1) is 0 Å². The number of aromatic amines is 1. The Hall–Kier alpha value is -2.63. The van der Waals surface area contributed by atoms with Crippen LogP contribution in [0.15, 0.2) is 36.7 Å². The zero-order valence-electron chi connectivity index (χ0n) is 12.4. The van der Waals surface area contributed by atoms with E-state index in [-0.39, 0.29) is 11.9 Å². The van der Waals surface area contributed by atoms with Crippen LogP contribution in [0.1, 0.15) is 24.4 Å². The SMILES string of the molecule is CC(NC(=O)/C=C/c1ccc(N(C)C)cc1)c1ncn[nH]1. The predicted octanol–water partition coefficient (Wildman–Crippen LogP) is 1.76. The van der Waals surface area contributed by atoms with Crippen molar-refractivity contribution in [2.24, 2.45) is 0 Å². The van der Waals surface area contributed by atoms with Crippen molar-refractivity contribution in [3.05, 3.63) is 48.1 Å². The smallest absolute Gasteiger partial charge is 0.244 e. The molecule has 1 aromatic heterocycles. The van der Waals surface area contributed by atoms with Gasteiger partial charge in [0.15, 0.2) is 0 Å². The minimum atomic E-state index is -0.208. The lowest BCUT2D eigenvalue weighted by molar-refractivity contribution is -0.117. The van der Waals surface area contributed by atoms with Crippen LogP contribution in [0.3, 0.4) is 0 Å². The molecular weight excluding hydrogens is 266 g/mol. The van der Waals surface area contributed by atoms with Gasteiger partial charge in [0.05, 0.1) is 6.04 Å². The van der Waals surface area contributed by atoms with E-state index < -0.39 is 0 Å². The third kappa shape index (κ3) is 4.17. The molecule has 0 bridgehead atoms. The van der Waals surface area contributed by atoms with Gasteiger partial charge in [0.25, 0.3) is 0 Å². The van der Waals surface area contributed by atoms with Crippen molar-refractivity contribution in [1.82, 2.24) is 20.5 Å². The number of aromatic nitrogens is 3. The number of amides is 1. The number of rotatable bonds is 5. The Kier molecular flexibility index (Phi) is 4.71. The van der Waals surface area contributed by atoms with E-state index in [1.165, 1.54) is 12.4 Å². The van der Waals surface area contributed by atoms with Gasteiger partial charge < -0.3 is 10.2 Å². The molecule has 1 unspecified atom stereocenters. The van der Waals surface area contributed by atoms with Crippen molar-refractivity contribution >= 4 is 17.7 Å². The Morgan fingerprint density at radius 3 is 2.62 bits per heavy atom. The molecule has 0 fully saturated rings. The number of nitrogens with one attached hydrogen (secondary N) is 2. The molecule has 0 aliphatic rings. The molecule has 0 aliphatic carbocycles. The molecular formula is C15H19N5O. The maximum absolute atomic E-state index is 11.8. The Morgan fingerprint density at radius 1 is 1.33 bits per heavy atom. The van der Waals surface area contributed by atoms with Crippen LogP contribution in [0.5, 0.6) is 0 Å². The van der Waals surface area contributed by atoms with Gasteiger partial charge in [0, 0.05) is 25.9 Å². The van der Waals surface area contributed by atoms with Gasteiger partial charge in [-0.2, -0.15) is 5.10 Å². The first kappa shape index (κ1) is 14.8. The highest BCUT2D eigenvalue weighted by Gasteiger charge is 2.09. The van der Waals surface area contributed by atoms with Crippen molar-refractivity contribution in [3.8, 4) is 0 Å². The summed E-state index contributed by atoms with van der Waals surface area (Å²) in [7, 11) is 3.98. The Labute approximate surface area is 123 Å². The van der Waals surface area contributed by atoms with Gasteiger partial charge in [-0.1, -0.05) is 12.1 Å². The highest BCUT2D eigenvalue weighted by molar-refractivity contribution is 5.91. The maximum Gasteiger partial charge on any atom is 0.244 e. The molecule has 1 heterocycles. The fourth-order valence-electron chi connectivity index (χ4n) is 1.81. The van der Waals surface area contributed by atoms with E-state index in [2.05, 4.69) is 20.5 Å². The number of hydrogen-bond acceptors (Lipinski definition) is 4. The fraction of sp³-hybridized carbons (Fsp3) is 0.267. The molecule has 6 nitrogen and oxygen atoms in total. The summed E-state index contributed by atoms with van der Waals surface area (Å²) in [6, 6.07) is 7.75. The van der Waals surface area contributed by atoms with Crippen molar-refractivity contribution in [2.75, 3.05) is 19.0 Å². The normalized spacial score (nSPS) is 12.3. The van der Waals surface area contributed by atoms with Gasteiger partial charge in [-0.3, -0.25) is 9.89 Å². The van der Waals surface area contributed by atoms with Crippen LogP contribution in [0, 0.1) is 0 Å². The van der Waals surface area contributed by atoms with Crippen molar-refractivity contribution in [2.45, 2.75) is 13.0 Å². The topological polar surface area (TPSA) is 73.9 Å². The third-order valence-corrected chi connectivity index (χ3v) is 3.04. The summed E-state index contributed by atoms with van der Waals surface area (Å²) in [5, 5.41) is 9.30. The fourth-order valence-corrected chi connectivity index (χ4v) is 1.81. The van der Waals surface area contributed by atoms with E-state index in [1.54, 1.807) is 6.08 Å². The quantitative estimate of drug-likeness (QED) is 0.821. The lowest BCUT2D eigenvalue weighted by Gasteiger charge is -2.11. The summed E-state index contributed by atoms with van der Waals surface area (Å²) in [4.78, 5) is 17.9. The molecule has 1 amide bonds. The Balaban J connectivity index is 1.92. The molecule has 2 N–H and O–H groups in total. The predicted molar refractivity (Wildman–Crippen MR) is 82.7 cm³/mol. The Bertz CT molecular complexity index is 602. The number of H-pyrrole nitrogens is 1. The largest absolute Gasteiger partial charge is 0.378 e. The van der Waals surface area contributed by atoms with Crippen LogP contribution in [-0.2, 0) is 4.79 Å². The maximum atomic E-state index is 11.8. The number of nitrogens with zero attached hydrogens (tertiary/aromatic N) is 3. The monoisotopic (exact) mass is 285 g/mol. The summed E-state index contributed by atoms with van der Waals surface area (Å²) < 4.78 is 0. The molecule has 2 aromatic rings. The molecule has 110 valence electrons. The van der Waals surface area contributed by atoms with Crippen molar-refractivity contribution < 1.29 is 4.79 Å². The van der Waals surface area contributed by atoms with Gasteiger partial charge >= 0.3 is 0 Å². The molecule has 2 rings (SSSR count). The lowest BCUT2D eigenvalue weighted by Crippen LogP contribution is -2.25. The standard InChI is InChI=1S/C15H19N5O/c1-11(15-16-10-17-19-15)18-14(21)9-6-12-4-7-13(8-5-12)20(2)3/h4-11H,1-3H3,(H,18,21)(H,16,17,19)/b9-6+. The van der Waals surface area contributed by atoms with Crippen LogP contribution in [0.25, 0.3) is 6.08 Å². The van der Waals surface area contributed by atoms with Gasteiger partial charge in [-0.25, -0.2) is 4.98 Å². The first-order valence-electron chi connectivity index (χ1n) is 6.67. The number of carbonyl (C=O) groups is 1. The second-order valence-corrected chi connectivity index (χ2v) is 4.92. The van der Waals surface area contributed by atoms with Crippen molar-refractivity contribution in [3.63, 3.8) is 0 Å².